The highest BCUT2D eigenvalue weighted by atomic mass is 35.5. The van der Waals surface area contributed by atoms with E-state index in [-0.39, 0.29) is 35.8 Å². The lowest BCUT2D eigenvalue weighted by Crippen LogP contribution is -2.51. The molecule has 32 heavy (non-hydrogen) atoms. The van der Waals surface area contributed by atoms with Crippen molar-refractivity contribution in [3.05, 3.63) is 58.3 Å². The van der Waals surface area contributed by atoms with Crippen molar-refractivity contribution in [3.8, 4) is 5.75 Å². The molecule has 7 nitrogen and oxygen atoms in total. The van der Waals surface area contributed by atoms with Crippen LogP contribution in [-0.4, -0.2) is 49.8 Å². The summed E-state index contributed by atoms with van der Waals surface area (Å²) < 4.78 is 36.4. The second-order valence-corrected chi connectivity index (χ2v) is 9.09. The molecule has 2 fully saturated rings. The number of piperidine rings is 1. The van der Waals surface area contributed by atoms with Crippen LogP contribution in [0.25, 0.3) is 5.65 Å². The maximum absolute atomic E-state index is 14.9. The Kier molecular flexibility index (Phi) is 4.58. The zero-order valence-corrected chi connectivity index (χ0v) is 17.7. The van der Waals surface area contributed by atoms with Crippen LogP contribution in [0, 0.1) is 5.82 Å². The van der Waals surface area contributed by atoms with E-state index < -0.39 is 18.1 Å². The monoisotopic (exact) mass is 459 g/mol. The number of hydrogen-bond donors (Lipinski definition) is 1. The van der Waals surface area contributed by atoms with Gasteiger partial charge in [-0.1, -0.05) is 11.6 Å². The quantitative estimate of drug-likeness (QED) is 0.650. The fourth-order valence-electron chi connectivity index (χ4n) is 5.04. The summed E-state index contributed by atoms with van der Waals surface area (Å²) in [6.45, 7) is 0.599. The number of alkyl halides is 1. The van der Waals surface area contributed by atoms with Gasteiger partial charge < -0.3 is 15.0 Å². The first kappa shape index (κ1) is 19.9. The number of hydrogen-bond acceptors (Lipinski definition) is 5. The summed E-state index contributed by atoms with van der Waals surface area (Å²) in [5.74, 6) is -0.780. The van der Waals surface area contributed by atoms with E-state index in [1.54, 1.807) is 15.6 Å². The van der Waals surface area contributed by atoms with E-state index in [0.29, 0.717) is 23.6 Å². The van der Waals surface area contributed by atoms with Crippen LogP contribution in [-0.2, 0) is 13.1 Å². The predicted octanol–water partition coefficient (Wildman–Crippen LogP) is 3.29. The minimum absolute atomic E-state index is 0.0765. The molecule has 0 radical (unpaired) electrons. The number of rotatable bonds is 3. The molecule has 166 valence electrons. The Balaban J connectivity index is 1.26. The van der Waals surface area contributed by atoms with Crippen LogP contribution in [0.5, 0.6) is 5.75 Å². The van der Waals surface area contributed by atoms with Gasteiger partial charge in [0.05, 0.1) is 35.6 Å². The summed E-state index contributed by atoms with van der Waals surface area (Å²) in [7, 11) is 0. The van der Waals surface area contributed by atoms with E-state index in [0.717, 1.165) is 24.1 Å². The average Bonchev–Trinajstić information content (AvgIpc) is 3.44. The van der Waals surface area contributed by atoms with Crippen LogP contribution in [0.1, 0.15) is 40.9 Å². The molecule has 10 heteroatoms. The molecule has 1 aromatic carbocycles. The zero-order valence-electron chi connectivity index (χ0n) is 17.0. The number of carbonyl (C=O) groups excluding carboxylic acids is 1. The van der Waals surface area contributed by atoms with Crippen LogP contribution in [0.3, 0.4) is 0 Å². The van der Waals surface area contributed by atoms with Gasteiger partial charge in [-0.2, -0.15) is 5.10 Å². The molecule has 6 rings (SSSR count). The number of amides is 1. The SMILES string of the molecule is O=C(c1ccc(F)cc1O[C@H]1CC2CCC(N2)[C@H]1F)N1Cc2nn3cc(Cl)cnc3c2C1. The number of benzene rings is 1. The smallest absolute Gasteiger partial charge is 0.258 e. The Morgan fingerprint density at radius 3 is 3.03 bits per heavy atom. The fourth-order valence-corrected chi connectivity index (χ4v) is 5.18. The molecule has 0 spiro atoms. The third kappa shape index (κ3) is 3.22. The standard InChI is InChI=1S/C22H20ClF2N5O2/c23-11-7-26-21-15-9-29(10-17(15)28-30(21)8-11)22(31)14-3-1-12(24)5-18(14)32-19-6-13-2-4-16(27-13)20(19)25/h1,3,5,7-8,13,16,19-20,27H,2,4,6,9-10H2/t13?,16?,19-,20+/m0/s1. The van der Waals surface area contributed by atoms with Crippen molar-refractivity contribution in [1.29, 1.82) is 0 Å². The lowest BCUT2D eigenvalue weighted by molar-refractivity contribution is 0.0439. The fraction of sp³-hybridized carbons (Fsp3) is 0.409. The van der Waals surface area contributed by atoms with Crippen LogP contribution in [0.15, 0.2) is 30.6 Å². The molecule has 0 aliphatic carbocycles. The van der Waals surface area contributed by atoms with Crippen molar-refractivity contribution in [2.45, 2.75) is 56.7 Å². The maximum Gasteiger partial charge on any atom is 0.258 e. The molecule has 3 aromatic rings. The lowest BCUT2D eigenvalue weighted by Gasteiger charge is -2.33. The second-order valence-electron chi connectivity index (χ2n) is 8.65. The average molecular weight is 460 g/mol. The number of nitrogens with zero attached hydrogens (tertiary/aromatic N) is 4. The molecule has 2 unspecified atom stereocenters. The molecule has 3 aliphatic heterocycles. The summed E-state index contributed by atoms with van der Waals surface area (Å²) in [6.07, 6.45) is 3.43. The third-order valence-electron chi connectivity index (χ3n) is 6.58. The predicted molar refractivity (Wildman–Crippen MR) is 112 cm³/mol. The topological polar surface area (TPSA) is 71.8 Å². The number of fused-ring (bicyclic) bond motifs is 5. The normalized spacial score (nSPS) is 26.5. The van der Waals surface area contributed by atoms with Crippen LogP contribution < -0.4 is 10.1 Å². The summed E-state index contributed by atoms with van der Waals surface area (Å²) in [5.41, 5.74) is 2.43. The number of aromatic nitrogens is 3. The highest BCUT2D eigenvalue weighted by Crippen LogP contribution is 2.34. The summed E-state index contributed by atoms with van der Waals surface area (Å²) >= 11 is 5.98. The highest BCUT2D eigenvalue weighted by Gasteiger charge is 2.43. The van der Waals surface area contributed by atoms with Gasteiger partial charge in [0.25, 0.3) is 5.91 Å². The number of ether oxygens (including phenoxy) is 1. The Hall–Kier alpha value is -2.78. The first-order valence-electron chi connectivity index (χ1n) is 10.6. The molecule has 4 atom stereocenters. The Morgan fingerprint density at radius 1 is 1.28 bits per heavy atom. The first-order chi connectivity index (χ1) is 15.5. The second kappa shape index (κ2) is 7.38. The largest absolute Gasteiger partial charge is 0.486 e. The van der Waals surface area contributed by atoms with Gasteiger partial charge in [0.15, 0.2) is 11.8 Å². The summed E-state index contributed by atoms with van der Waals surface area (Å²) in [6, 6.07) is 3.72. The summed E-state index contributed by atoms with van der Waals surface area (Å²) in [4.78, 5) is 19.3. The van der Waals surface area contributed by atoms with Crippen LogP contribution in [0.2, 0.25) is 5.02 Å². The molecule has 2 saturated heterocycles. The molecule has 1 N–H and O–H groups in total. The van der Waals surface area contributed by atoms with Crippen LogP contribution in [0.4, 0.5) is 8.78 Å². The maximum atomic E-state index is 14.9. The van der Waals surface area contributed by atoms with E-state index in [4.69, 9.17) is 16.3 Å². The van der Waals surface area contributed by atoms with E-state index in [9.17, 15) is 13.6 Å². The van der Waals surface area contributed by atoms with Gasteiger partial charge in [-0.15, -0.1) is 0 Å². The molecule has 5 heterocycles. The Morgan fingerprint density at radius 2 is 2.16 bits per heavy atom. The van der Waals surface area contributed by atoms with E-state index in [1.807, 2.05) is 0 Å². The molecular formula is C22H20ClF2N5O2. The van der Waals surface area contributed by atoms with Gasteiger partial charge in [0.1, 0.15) is 17.7 Å². The highest BCUT2D eigenvalue weighted by molar-refractivity contribution is 6.30. The molecule has 2 aromatic heterocycles. The molecule has 3 aliphatic rings. The van der Waals surface area contributed by atoms with Crippen molar-refractivity contribution < 1.29 is 18.3 Å². The number of nitrogens with one attached hydrogen (secondary N) is 1. The van der Waals surface area contributed by atoms with E-state index >= 15 is 0 Å². The van der Waals surface area contributed by atoms with Crippen molar-refractivity contribution in [2.24, 2.45) is 0 Å². The minimum Gasteiger partial charge on any atom is -0.486 e. The van der Waals surface area contributed by atoms with Crippen molar-refractivity contribution in [2.75, 3.05) is 0 Å². The van der Waals surface area contributed by atoms with Crippen molar-refractivity contribution in [1.82, 2.24) is 24.8 Å². The summed E-state index contributed by atoms with van der Waals surface area (Å²) in [5, 5.41) is 8.19. The lowest BCUT2D eigenvalue weighted by atomic mass is 10.00. The van der Waals surface area contributed by atoms with Gasteiger partial charge in [-0.05, 0) is 25.0 Å². The van der Waals surface area contributed by atoms with Crippen molar-refractivity contribution in [3.63, 3.8) is 0 Å². The van der Waals surface area contributed by atoms with Gasteiger partial charge in [-0.25, -0.2) is 18.3 Å². The molecule has 1 amide bonds. The van der Waals surface area contributed by atoms with Gasteiger partial charge in [-0.3, -0.25) is 4.79 Å². The molecule has 2 bridgehead atoms. The van der Waals surface area contributed by atoms with Crippen LogP contribution >= 0.6 is 11.6 Å². The zero-order chi connectivity index (χ0) is 22.0. The Bertz CT molecular complexity index is 1230. The minimum atomic E-state index is -1.21. The third-order valence-corrected chi connectivity index (χ3v) is 6.78. The molecular weight excluding hydrogens is 440 g/mol. The van der Waals surface area contributed by atoms with Gasteiger partial charge in [0, 0.05) is 36.3 Å². The Labute approximate surface area is 187 Å². The number of carbonyl (C=O) groups is 1. The van der Waals surface area contributed by atoms with E-state index in [1.165, 1.54) is 24.4 Å². The number of halogens is 3. The van der Waals surface area contributed by atoms with Crippen molar-refractivity contribution >= 4 is 23.2 Å². The van der Waals surface area contributed by atoms with Gasteiger partial charge >= 0.3 is 0 Å². The molecule has 0 saturated carbocycles. The van der Waals surface area contributed by atoms with E-state index in [2.05, 4.69) is 15.4 Å². The van der Waals surface area contributed by atoms with Gasteiger partial charge in [0.2, 0.25) is 0 Å². The first-order valence-corrected chi connectivity index (χ1v) is 11.0.